The average Bonchev–Trinajstić information content (AvgIpc) is 3.08. The van der Waals surface area contributed by atoms with Crippen molar-refractivity contribution in [3.8, 4) is 0 Å². The van der Waals surface area contributed by atoms with Crippen LogP contribution in [-0.2, 0) is 4.74 Å². The molecule has 2 saturated heterocycles. The Morgan fingerprint density at radius 2 is 1.50 bits per heavy atom. The average molecular weight is 395 g/mol. The third-order valence-electron chi connectivity index (χ3n) is 5.61. The Hall–Kier alpha value is -1.10. The van der Waals surface area contributed by atoms with E-state index in [1.807, 2.05) is 7.11 Å². The van der Waals surface area contributed by atoms with E-state index in [-0.39, 0.29) is 24.8 Å². The fourth-order valence-electron chi connectivity index (χ4n) is 4.46. The Labute approximate surface area is 168 Å². The lowest BCUT2D eigenvalue weighted by atomic mass is 9.83. The highest BCUT2D eigenvalue weighted by atomic mass is 35.5. The lowest BCUT2D eigenvalue weighted by molar-refractivity contribution is 0.0895. The first-order valence-electron chi connectivity index (χ1n) is 8.96. The topological polar surface area (TPSA) is 24.5 Å². The van der Waals surface area contributed by atoms with Crippen molar-refractivity contribution >= 4 is 24.8 Å². The molecule has 5 heteroatoms. The van der Waals surface area contributed by atoms with Crippen LogP contribution in [0.3, 0.4) is 0 Å². The normalized spacial score (nSPS) is 25.2. The maximum absolute atomic E-state index is 5.67. The van der Waals surface area contributed by atoms with Crippen LogP contribution in [0.1, 0.15) is 23.5 Å². The van der Waals surface area contributed by atoms with Crippen molar-refractivity contribution in [3.63, 3.8) is 0 Å². The Morgan fingerprint density at radius 1 is 0.923 bits per heavy atom. The standard InChI is InChI=1S/C21H26N2O.2ClH/c1-24-19-12-18-13-22-14-20(23(18)15-19)21(16-8-4-2-5-9-16)17-10-6-3-7-11-17;;/h2-11,18-22H,12-15H2,1H3;2*1H/t18-,19+,20-;;/m0../s1. The van der Waals surface area contributed by atoms with Crippen LogP contribution >= 0.6 is 24.8 Å². The van der Waals surface area contributed by atoms with Gasteiger partial charge in [-0.3, -0.25) is 4.90 Å². The van der Waals surface area contributed by atoms with E-state index in [2.05, 4.69) is 70.9 Å². The van der Waals surface area contributed by atoms with Crippen molar-refractivity contribution in [2.75, 3.05) is 26.7 Å². The number of rotatable bonds is 4. The molecule has 0 saturated carbocycles. The molecule has 2 aromatic carbocycles. The number of halogens is 2. The molecule has 0 bridgehead atoms. The largest absolute Gasteiger partial charge is 0.380 e. The van der Waals surface area contributed by atoms with E-state index >= 15 is 0 Å². The second kappa shape index (κ2) is 9.72. The van der Waals surface area contributed by atoms with Gasteiger partial charge in [-0.2, -0.15) is 0 Å². The summed E-state index contributed by atoms with van der Waals surface area (Å²) in [5.74, 6) is 0.387. The van der Waals surface area contributed by atoms with Gasteiger partial charge in [-0.15, -0.1) is 24.8 Å². The van der Waals surface area contributed by atoms with Gasteiger partial charge in [0.2, 0.25) is 0 Å². The number of hydrogen-bond acceptors (Lipinski definition) is 3. The van der Waals surface area contributed by atoms with Crippen LogP contribution in [0.2, 0.25) is 0 Å². The predicted molar refractivity (Wildman–Crippen MR) is 112 cm³/mol. The van der Waals surface area contributed by atoms with Crippen molar-refractivity contribution < 1.29 is 4.74 Å². The second-order valence-corrected chi connectivity index (χ2v) is 6.97. The highest BCUT2D eigenvalue weighted by Gasteiger charge is 2.42. The molecule has 2 aliphatic heterocycles. The maximum Gasteiger partial charge on any atom is 0.0713 e. The molecule has 0 aromatic heterocycles. The van der Waals surface area contributed by atoms with Gasteiger partial charge in [0, 0.05) is 44.7 Å². The van der Waals surface area contributed by atoms with E-state index in [0.29, 0.717) is 24.1 Å². The highest BCUT2D eigenvalue weighted by Crippen LogP contribution is 2.36. The van der Waals surface area contributed by atoms with Crippen LogP contribution in [0.5, 0.6) is 0 Å². The van der Waals surface area contributed by atoms with Crippen molar-refractivity contribution in [3.05, 3.63) is 71.8 Å². The van der Waals surface area contributed by atoms with E-state index in [1.54, 1.807) is 0 Å². The minimum Gasteiger partial charge on any atom is -0.380 e. The van der Waals surface area contributed by atoms with Gasteiger partial charge in [-0.25, -0.2) is 0 Å². The Morgan fingerprint density at radius 3 is 2.04 bits per heavy atom. The summed E-state index contributed by atoms with van der Waals surface area (Å²) in [6.45, 7) is 3.15. The zero-order chi connectivity index (χ0) is 16.4. The molecule has 0 unspecified atom stereocenters. The molecule has 3 atom stereocenters. The van der Waals surface area contributed by atoms with Gasteiger partial charge in [0.25, 0.3) is 0 Å². The summed E-state index contributed by atoms with van der Waals surface area (Å²) in [5.41, 5.74) is 2.80. The third kappa shape index (κ3) is 4.24. The van der Waals surface area contributed by atoms with Crippen molar-refractivity contribution in [1.82, 2.24) is 10.2 Å². The summed E-state index contributed by atoms with van der Waals surface area (Å²) in [5, 5.41) is 3.67. The molecule has 0 radical (unpaired) electrons. The number of hydrogen-bond donors (Lipinski definition) is 1. The SMILES string of the molecule is CO[C@@H]1C[C@H]2CNC[C@@H](C(c3ccccc3)c3ccccc3)N2C1.Cl.Cl. The van der Waals surface area contributed by atoms with E-state index in [4.69, 9.17) is 4.74 Å². The number of benzene rings is 2. The van der Waals surface area contributed by atoms with Crippen molar-refractivity contribution in [2.24, 2.45) is 0 Å². The van der Waals surface area contributed by atoms with E-state index in [0.717, 1.165) is 26.1 Å². The van der Waals surface area contributed by atoms with Crippen LogP contribution in [0.4, 0.5) is 0 Å². The molecular weight excluding hydrogens is 367 g/mol. The lowest BCUT2D eigenvalue weighted by Crippen LogP contribution is -2.56. The monoisotopic (exact) mass is 394 g/mol. The number of nitrogens with zero attached hydrogens (tertiary/aromatic N) is 1. The Kier molecular flexibility index (Phi) is 7.93. The zero-order valence-electron chi connectivity index (χ0n) is 15.1. The van der Waals surface area contributed by atoms with Gasteiger partial charge < -0.3 is 10.1 Å². The predicted octanol–water partition coefficient (Wildman–Crippen LogP) is 3.72. The summed E-state index contributed by atoms with van der Waals surface area (Å²) in [6.07, 6.45) is 1.50. The van der Waals surface area contributed by atoms with Gasteiger partial charge in [0.1, 0.15) is 0 Å². The van der Waals surface area contributed by atoms with Crippen LogP contribution in [-0.4, -0.2) is 49.8 Å². The number of ether oxygens (including phenoxy) is 1. The second-order valence-electron chi connectivity index (χ2n) is 6.97. The Balaban J connectivity index is 0.00000121. The summed E-state index contributed by atoms with van der Waals surface area (Å²) in [4.78, 5) is 2.69. The fourth-order valence-corrected chi connectivity index (χ4v) is 4.46. The minimum atomic E-state index is 0. The van der Waals surface area contributed by atoms with Crippen molar-refractivity contribution in [1.29, 1.82) is 0 Å². The van der Waals surface area contributed by atoms with Crippen molar-refractivity contribution in [2.45, 2.75) is 30.5 Å². The summed E-state index contributed by atoms with van der Waals surface area (Å²) in [6, 6.07) is 22.9. The summed E-state index contributed by atoms with van der Waals surface area (Å²) < 4.78 is 5.67. The molecular formula is C21H28Cl2N2O. The Bertz CT molecular complexity index is 616. The van der Waals surface area contributed by atoms with Gasteiger partial charge in [0.05, 0.1) is 6.10 Å². The molecule has 2 heterocycles. The van der Waals surface area contributed by atoms with E-state index in [1.165, 1.54) is 11.1 Å². The maximum atomic E-state index is 5.67. The third-order valence-corrected chi connectivity index (χ3v) is 5.61. The van der Waals surface area contributed by atoms with Gasteiger partial charge in [0.15, 0.2) is 0 Å². The molecule has 2 aliphatic rings. The fraction of sp³-hybridized carbons (Fsp3) is 0.429. The number of nitrogens with one attached hydrogen (secondary N) is 1. The minimum absolute atomic E-state index is 0. The molecule has 3 nitrogen and oxygen atoms in total. The van der Waals surface area contributed by atoms with Crippen LogP contribution in [0.15, 0.2) is 60.7 Å². The number of piperazine rings is 1. The van der Waals surface area contributed by atoms with E-state index in [9.17, 15) is 0 Å². The highest BCUT2D eigenvalue weighted by molar-refractivity contribution is 5.85. The zero-order valence-corrected chi connectivity index (χ0v) is 16.7. The number of methoxy groups -OCH3 is 1. The molecule has 0 amide bonds. The smallest absolute Gasteiger partial charge is 0.0713 e. The molecule has 2 aromatic rings. The molecule has 0 aliphatic carbocycles. The first-order chi connectivity index (χ1) is 11.9. The first kappa shape index (κ1) is 21.2. The molecule has 2 fully saturated rings. The van der Waals surface area contributed by atoms with Gasteiger partial charge in [-0.05, 0) is 17.5 Å². The molecule has 0 spiro atoms. The molecule has 4 rings (SSSR count). The molecule has 142 valence electrons. The summed E-state index contributed by atoms with van der Waals surface area (Å²) >= 11 is 0. The molecule has 26 heavy (non-hydrogen) atoms. The van der Waals surface area contributed by atoms with E-state index < -0.39 is 0 Å². The van der Waals surface area contributed by atoms with Gasteiger partial charge >= 0.3 is 0 Å². The number of fused-ring (bicyclic) bond motifs is 1. The van der Waals surface area contributed by atoms with Crippen LogP contribution in [0.25, 0.3) is 0 Å². The van der Waals surface area contributed by atoms with Crippen LogP contribution < -0.4 is 5.32 Å². The summed E-state index contributed by atoms with van der Waals surface area (Å²) in [7, 11) is 1.84. The first-order valence-corrected chi connectivity index (χ1v) is 8.96. The lowest BCUT2D eigenvalue weighted by Gasteiger charge is -2.42. The quantitative estimate of drug-likeness (QED) is 0.854. The molecule has 1 N–H and O–H groups in total. The van der Waals surface area contributed by atoms with Crippen LogP contribution in [0, 0.1) is 0 Å². The van der Waals surface area contributed by atoms with Gasteiger partial charge in [-0.1, -0.05) is 60.7 Å².